The van der Waals surface area contributed by atoms with Crippen LogP contribution in [0.3, 0.4) is 0 Å². The number of carbonyl (C=O) groups is 2. The van der Waals surface area contributed by atoms with Crippen LogP contribution in [0.1, 0.15) is 29.6 Å². The van der Waals surface area contributed by atoms with E-state index >= 15 is 0 Å². The molecule has 0 aliphatic heterocycles. The van der Waals surface area contributed by atoms with E-state index in [0.717, 1.165) is 6.29 Å². The fourth-order valence-corrected chi connectivity index (χ4v) is 1.18. The summed E-state index contributed by atoms with van der Waals surface area (Å²) >= 11 is 0. The molecule has 0 radical (unpaired) electrons. The molecule has 0 saturated carbocycles. The summed E-state index contributed by atoms with van der Waals surface area (Å²) in [6.45, 7) is 0.0846. The summed E-state index contributed by atoms with van der Waals surface area (Å²) in [5, 5.41) is 8.54. The fraction of sp³-hybridized carbons (Fsp3) is 0.333. The van der Waals surface area contributed by atoms with Gasteiger partial charge in [0.1, 0.15) is 12.0 Å². The molecular weight excluding hydrogens is 208 g/mol. The van der Waals surface area contributed by atoms with Gasteiger partial charge in [0.25, 0.3) is 0 Å². The second-order valence-corrected chi connectivity index (χ2v) is 3.34. The lowest BCUT2D eigenvalue weighted by Crippen LogP contribution is -2.07. The molecule has 0 aliphatic rings. The van der Waals surface area contributed by atoms with Crippen molar-refractivity contribution in [1.29, 1.82) is 0 Å². The molecular formula is C12H14O4. The summed E-state index contributed by atoms with van der Waals surface area (Å²) in [7, 11) is 0. The summed E-state index contributed by atoms with van der Waals surface area (Å²) in [5.41, 5.74) is 0.542. The number of aldehydes is 1. The van der Waals surface area contributed by atoms with Gasteiger partial charge in [0, 0.05) is 18.6 Å². The van der Waals surface area contributed by atoms with E-state index in [1.54, 1.807) is 24.3 Å². The number of aliphatic hydroxyl groups excluding tert-OH is 1. The Bertz CT molecular complexity index is 343. The first-order chi connectivity index (χ1) is 7.76. The number of carbonyl (C=O) groups excluding carboxylic acids is 2. The van der Waals surface area contributed by atoms with Crippen LogP contribution in [0, 0.1) is 0 Å². The van der Waals surface area contributed by atoms with Gasteiger partial charge in [0.05, 0.1) is 0 Å². The highest BCUT2D eigenvalue weighted by Crippen LogP contribution is 2.12. The number of unbranched alkanes of at least 4 members (excludes halogenated alkanes) is 1. The lowest BCUT2D eigenvalue weighted by molar-refractivity contribution is -0.134. The molecule has 16 heavy (non-hydrogen) atoms. The van der Waals surface area contributed by atoms with Crippen molar-refractivity contribution in [2.45, 2.75) is 19.3 Å². The van der Waals surface area contributed by atoms with E-state index in [2.05, 4.69) is 0 Å². The zero-order valence-corrected chi connectivity index (χ0v) is 8.89. The molecule has 0 heterocycles. The summed E-state index contributed by atoms with van der Waals surface area (Å²) in [4.78, 5) is 21.7. The highest BCUT2D eigenvalue weighted by molar-refractivity contribution is 5.76. The predicted octanol–water partition coefficient (Wildman–Crippen LogP) is 1.57. The summed E-state index contributed by atoms with van der Waals surface area (Å²) < 4.78 is 5.02. The molecule has 0 atom stereocenters. The molecule has 0 aliphatic carbocycles. The summed E-state index contributed by atoms with van der Waals surface area (Å²) in [6, 6.07) is 6.33. The van der Waals surface area contributed by atoms with Gasteiger partial charge in [-0.1, -0.05) is 0 Å². The van der Waals surface area contributed by atoms with E-state index in [-0.39, 0.29) is 19.0 Å². The molecule has 1 aromatic carbocycles. The average Bonchev–Trinajstić information content (AvgIpc) is 2.30. The molecule has 4 nitrogen and oxygen atoms in total. The lowest BCUT2D eigenvalue weighted by atomic mass is 10.2. The Kier molecular flexibility index (Phi) is 5.22. The molecule has 0 bridgehead atoms. The van der Waals surface area contributed by atoms with Gasteiger partial charge in [-0.3, -0.25) is 9.59 Å². The van der Waals surface area contributed by atoms with E-state index < -0.39 is 0 Å². The summed E-state index contributed by atoms with van der Waals surface area (Å²) in [5.74, 6) is 0.104. The number of aliphatic hydroxyl groups is 1. The van der Waals surface area contributed by atoms with E-state index in [1.165, 1.54) is 0 Å². The van der Waals surface area contributed by atoms with Crippen LogP contribution in [0.25, 0.3) is 0 Å². The first kappa shape index (κ1) is 12.4. The number of hydrogen-bond donors (Lipinski definition) is 1. The molecule has 0 spiro atoms. The first-order valence-electron chi connectivity index (χ1n) is 5.13. The van der Waals surface area contributed by atoms with Gasteiger partial charge < -0.3 is 9.84 Å². The second-order valence-electron chi connectivity index (χ2n) is 3.34. The van der Waals surface area contributed by atoms with Crippen molar-refractivity contribution in [3.8, 4) is 5.75 Å². The van der Waals surface area contributed by atoms with E-state index in [0.29, 0.717) is 24.2 Å². The minimum atomic E-state index is -0.327. The Morgan fingerprint density at radius 1 is 1.25 bits per heavy atom. The third kappa shape index (κ3) is 4.23. The van der Waals surface area contributed by atoms with Crippen LogP contribution in [0.2, 0.25) is 0 Å². The molecule has 0 aromatic heterocycles. The molecule has 0 amide bonds. The fourth-order valence-electron chi connectivity index (χ4n) is 1.18. The summed E-state index contributed by atoms with van der Waals surface area (Å²) in [6.07, 6.45) is 2.23. The van der Waals surface area contributed by atoms with Crippen molar-refractivity contribution >= 4 is 12.3 Å². The van der Waals surface area contributed by atoms with Crippen molar-refractivity contribution in [1.82, 2.24) is 0 Å². The van der Waals surface area contributed by atoms with Crippen molar-refractivity contribution in [3.05, 3.63) is 29.8 Å². The molecule has 0 saturated heterocycles. The standard InChI is InChI=1S/C12H14O4/c13-8-2-1-3-12(15)16-11-6-4-10(9-14)5-7-11/h4-7,9,13H,1-3,8H2. The molecule has 0 unspecified atom stereocenters. The average molecular weight is 222 g/mol. The van der Waals surface area contributed by atoms with Crippen molar-refractivity contribution in [3.63, 3.8) is 0 Å². The van der Waals surface area contributed by atoms with Gasteiger partial charge >= 0.3 is 5.97 Å². The molecule has 1 N–H and O–H groups in total. The van der Waals surface area contributed by atoms with Crippen LogP contribution in [0.15, 0.2) is 24.3 Å². The predicted molar refractivity (Wildman–Crippen MR) is 58.4 cm³/mol. The van der Waals surface area contributed by atoms with Gasteiger partial charge in [-0.25, -0.2) is 0 Å². The van der Waals surface area contributed by atoms with Crippen molar-refractivity contribution in [2.24, 2.45) is 0 Å². The molecule has 86 valence electrons. The zero-order valence-electron chi connectivity index (χ0n) is 8.89. The maximum absolute atomic E-state index is 11.3. The van der Waals surface area contributed by atoms with E-state index in [4.69, 9.17) is 9.84 Å². The van der Waals surface area contributed by atoms with Crippen LogP contribution in [-0.4, -0.2) is 24.0 Å². The van der Waals surface area contributed by atoms with Gasteiger partial charge in [-0.2, -0.15) is 0 Å². The Labute approximate surface area is 93.9 Å². The van der Waals surface area contributed by atoms with Crippen LogP contribution in [0.5, 0.6) is 5.75 Å². The van der Waals surface area contributed by atoms with E-state index in [9.17, 15) is 9.59 Å². The van der Waals surface area contributed by atoms with Gasteiger partial charge in [-0.05, 0) is 37.1 Å². The maximum Gasteiger partial charge on any atom is 0.311 e. The molecule has 4 heteroatoms. The highest BCUT2D eigenvalue weighted by atomic mass is 16.5. The van der Waals surface area contributed by atoms with Crippen molar-refractivity contribution < 1.29 is 19.4 Å². The minimum absolute atomic E-state index is 0.0846. The normalized spacial score (nSPS) is 9.81. The second kappa shape index (κ2) is 6.74. The van der Waals surface area contributed by atoms with Gasteiger partial charge in [0.2, 0.25) is 0 Å². The number of esters is 1. The quantitative estimate of drug-likeness (QED) is 0.343. The zero-order chi connectivity index (χ0) is 11.8. The Balaban J connectivity index is 2.40. The number of rotatable bonds is 6. The highest BCUT2D eigenvalue weighted by Gasteiger charge is 2.04. The molecule has 1 aromatic rings. The monoisotopic (exact) mass is 222 g/mol. The van der Waals surface area contributed by atoms with Gasteiger partial charge in [0.15, 0.2) is 0 Å². The third-order valence-corrected chi connectivity index (χ3v) is 2.04. The molecule has 0 fully saturated rings. The largest absolute Gasteiger partial charge is 0.427 e. The number of hydrogen-bond acceptors (Lipinski definition) is 4. The van der Waals surface area contributed by atoms with Crippen LogP contribution >= 0.6 is 0 Å². The first-order valence-corrected chi connectivity index (χ1v) is 5.13. The van der Waals surface area contributed by atoms with E-state index in [1.807, 2.05) is 0 Å². The van der Waals surface area contributed by atoms with Crippen LogP contribution in [0.4, 0.5) is 0 Å². The Morgan fingerprint density at radius 3 is 2.50 bits per heavy atom. The Morgan fingerprint density at radius 2 is 1.94 bits per heavy atom. The topological polar surface area (TPSA) is 63.6 Å². The number of ether oxygens (including phenoxy) is 1. The maximum atomic E-state index is 11.3. The van der Waals surface area contributed by atoms with Crippen LogP contribution < -0.4 is 4.74 Å². The minimum Gasteiger partial charge on any atom is -0.427 e. The SMILES string of the molecule is O=Cc1ccc(OC(=O)CCCCO)cc1. The van der Waals surface area contributed by atoms with Crippen LogP contribution in [-0.2, 0) is 4.79 Å². The lowest BCUT2D eigenvalue weighted by Gasteiger charge is -2.03. The smallest absolute Gasteiger partial charge is 0.311 e. The third-order valence-electron chi connectivity index (χ3n) is 2.04. The Hall–Kier alpha value is -1.68. The molecule has 1 rings (SSSR count). The number of benzene rings is 1. The van der Waals surface area contributed by atoms with Gasteiger partial charge in [-0.15, -0.1) is 0 Å². The van der Waals surface area contributed by atoms with Crippen molar-refractivity contribution in [2.75, 3.05) is 6.61 Å².